The standard InChI is InChI=1S/C9H8BrN3O/c1-13-8(11-9(10)12-13)6-4-2-3-5-7(6)14/h2-5,14H,1H3. The van der Waals surface area contributed by atoms with E-state index < -0.39 is 0 Å². The Hall–Kier alpha value is -1.36. The second-order valence-corrected chi connectivity index (χ2v) is 3.55. The third-order valence-corrected chi connectivity index (χ3v) is 2.22. The molecule has 0 spiro atoms. The van der Waals surface area contributed by atoms with Crippen LogP contribution in [-0.4, -0.2) is 19.9 Å². The van der Waals surface area contributed by atoms with Gasteiger partial charge in [0.2, 0.25) is 4.73 Å². The van der Waals surface area contributed by atoms with Crippen molar-refractivity contribution < 1.29 is 5.11 Å². The summed E-state index contributed by atoms with van der Waals surface area (Å²) in [7, 11) is 1.78. The van der Waals surface area contributed by atoms with E-state index in [4.69, 9.17) is 0 Å². The molecule has 4 nitrogen and oxygen atoms in total. The zero-order chi connectivity index (χ0) is 10.1. The molecule has 0 radical (unpaired) electrons. The number of aryl methyl sites for hydroxylation is 1. The van der Waals surface area contributed by atoms with Crippen LogP contribution in [0.4, 0.5) is 0 Å². The third kappa shape index (κ3) is 1.50. The number of hydrogen-bond acceptors (Lipinski definition) is 3. The summed E-state index contributed by atoms with van der Waals surface area (Å²) in [5.41, 5.74) is 0.674. The minimum atomic E-state index is 0.204. The van der Waals surface area contributed by atoms with Crippen LogP contribution >= 0.6 is 15.9 Å². The lowest BCUT2D eigenvalue weighted by Gasteiger charge is -2.01. The first kappa shape index (κ1) is 9.21. The number of rotatable bonds is 1. The Bertz CT molecular complexity index is 467. The van der Waals surface area contributed by atoms with Crippen LogP contribution in [0.3, 0.4) is 0 Å². The van der Waals surface area contributed by atoms with Gasteiger partial charge in [-0.2, -0.15) is 0 Å². The normalized spacial score (nSPS) is 10.4. The monoisotopic (exact) mass is 253 g/mol. The molecule has 72 valence electrons. The molecule has 0 amide bonds. The minimum absolute atomic E-state index is 0.204. The maximum atomic E-state index is 9.60. The first-order valence-corrected chi connectivity index (χ1v) is 4.82. The number of hydrogen-bond donors (Lipinski definition) is 1. The molecule has 14 heavy (non-hydrogen) atoms. The molecular formula is C9H8BrN3O. The Balaban J connectivity index is 2.60. The molecule has 0 aliphatic rings. The molecule has 0 saturated heterocycles. The van der Waals surface area contributed by atoms with Gasteiger partial charge in [0.15, 0.2) is 5.82 Å². The van der Waals surface area contributed by atoms with E-state index in [1.807, 2.05) is 6.07 Å². The summed E-state index contributed by atoms with van der Waals surface area (Å²) in [6.07, 6.45) is 0. The van der Waals surface area contributed by atoms with Crippen molar-refractivity contribution in [3.8, 4) is 17.1 Å². The highest BCUT2D eigenvalue weighted by Gasteiger charge is 2.10. The summed E-state index contributed by atoms with van der Waals surface area (Å²) in [5, 5.41) is 13.6. The molecule has 1 aromatic heterocycles. The molecule has 0 fully saturated rings. The fourth-order valence-electron chi connectivity index (χ4n) is 1.25. The number of halogens is 1. The van der Waals surface area contributed by atoms with E-state index >= 15 is 0 Å². The molecule has 0 aliphatic heterocycles. The van der Waals surface area contributed by atoms with Crippen molar-refractivity contribution in [3.05, 3.63) is 29.0 Å². The zero-order valence-corrected chi connectivity index (χ0v) is 9.06. The summed E-state index contributed by atoms with van der Waals surface area (Å²) in [6, 6.07) is 7.03. The fraction of sp³-hybridized carbons (Fsp3) is 0.111. The first-order chi connectivity index (χ1) is 6.68. The van der Waals surface area contributed by atoms with Gasteiger partial charge in [0.05, 0.1) is 5.56 Å². The Morgan fingerprint density at radius 1 is 1.36 bits per heavy atom. The van der Waals surface area contributed by atoms with E-state index in [9.17, 15) is 5.11 Å². The predicted molar refractivity (Wildman–Crippen MR) is 55.8 cm³/mol. The number of aromatic nitrogens is 3. The summed E-state index contributed by atoms with van der Waals surface area (Å²) in [5.74, 6) is 0.838. The van der Waals surface area contributed by atoms with Crippen molar-refractivity contribution in [1.82, 2.24) is 14.8 Å². The summed E-state index contributed by atoms with van der Waals surface area (Å²) >= 11 is 3.18. The highest BCUT2D eigenvalue weighted by Crippen LogP contribution is 2.27. The van der Waals surface area contributed by atoms with Crippen LogP contribution in [0.1, 0.15) is 0 Å². The number of para-hydroxylation sites is 1. The lowest BCUT2D eigenvalue weighted by Crippen LogP contribution is -1.94. The summed E-state index contributed by atoms with van der Waals surface area (Å²) < 4.78 is 2.12. The van der Waals surface area contributed by atoms with Gasteiger partial charge in [0.25, 0.3) is 0 Å². The summed E-state index contributed by atoms with van der Waals surface area (Å²) in [6.45, 7) is 0. The second kappa shape index (κ2) is 3.42. The van der Waals surface area contributed by atoms with Gasteiger partial charge in [0.1, 0.15) is 5.75 Å². The van der Waals surface area contributed by atoms with Gasteiger partial charge in [-0.25, -0.2) is 9.67 Å². The lowest BCUT2D eigenvalue weighted by atomic mass is 10.2. The van der Waals surface area contributed by atoms with Crippen LogP contribution in [0.15, 0.2) is 29.0 Å². The van der Waals surface area contributed by atoms with E-state index in [1.54, 1.807) is 29.9 Å². The minimum Gasteiger partial charge on any atom is -0.507 e. The molecule has 2 rings (SSSR count). The molecule has 2 aromatic rings. The number of benzene rings is 1. The van der Waals surface area contributed by atoms with Crippen LogP contribution in [0, 0.1) is 0 Å². The molecule has 0 bridgehead atoms. The van der Waals surface area contributed by atoms with E-state index in [0.717, 1.165) is 0 Å². The van der Waals surface area contributed by atoms with E-state index in [2.05, 4.69) is 26.0 Å². The van der Waals surface area contributed by atoms with Gasteiger partial charge in [-0.1, -0.05) is 12.1 Å². The Morgan fingerprint density at radius 3 is 2.64 bits per heavy atom. The maximum absolute atomic E-state index is 9.60. The molecular weight excluding hydrogens is 246 g/mol. The number of phenols is 1. The van der Waals surface area contributed by atoms with Gasteiger partial charge >= 0.3 is 0 Å². The van der Waals surface area contributed by atoms with Crippen molar-refractivity contribution >= 4 is 15.9 Å². The SMILES string of the molecule is Cn1nc(Br)nc1-c1ccccc1O. The van der Waals surface area contributed by atoms with Crippen molar-refractivity contribution in [2.24, 2.45) is 7.05 Å². The van der Waals surface area contributed by atoms with Crippen LogP contribution in [0.25, 0.3) is 11.4 Å². The molecule has 0 unspecified atom stereocenters. The highest BCUT2D eigenvalue weighted by atomic mass is 79.9. The van der Waals surface area contributed by atoms with Gasteiger partial charge in [-0.3, -0.25) is 0 Å². The molecule has 1 N–H and O–H groups in total. The van der Waals surface area contributed by atoms with Gasteiger partial charge < -0.3 is 5.11 Å². The van der Waals surface area contributed by atoms with Crippen molar-refractivity contribution in [1.29, 1.82) is 0 Å². The maximum Gasteiger partial charge on any atom is 0.217 e. The molecule has 5 heteroatoms. The van der Waals surface area contributed by atoms with Gasteiger partial charge in [-0.15, -0.1) is 5.10 Å². The van der Waals surface area contributed by atoms with Crippen LogP contribution in [0.2, 0.25) is 0 Å². The number of aromatic hydroxyl groups is 1. The topological polar surface area (TPSA) is 50.9 Å². The highest BCUT2D eigenvalue weighted by molar-refractivity contribution is 9.10. The molecule has 0 saturated carbocycles. The smallest absolute Gasteiger partial charge is 0.217 e. The lowest BCUT2D eigenvalue weighted by molar-refractivity contribution is 0.476. The van der Waals surface area contributed by atoms with Crippen LogP contribution in [0.5, 0.6) is 5.75 Å². The van der Waals surface area contributed by atoms with Gasteiger partial charge in [-0.05, 0) is 28.1 Å². The Morgan fingerprint density at radius 2 is 2.07 bits per heavy atom. The first-order valence-electron chi connectivity index (χ1n) is 4.03. The van der Waals surface area contributed by atoms with Crippen LogP contribution < -0.4 is 0 Å². The number of phenolic OH excluding ortho intramolecular Hbond substituents is 1. The average molecular weight is 254 g/mol. The average Bonchev–Trinajstić information content (AvgIpc) is 2.46. The fourth-order valence-corrected chi connectivity index (χ4v) is 1.66. The largest absolute Gasteiger partial charge is 0.507 e. The van der Waals surface area contributed by atoms with E-state index in [1.165, 1.54) is 0 Å². The molecule has 0 atom stereocenters. The Labute approximate surface area is 89.3 Å². The number of nitrogens with zero attached hydrogens (tertiary/aromatic N) is 3. The second-order valence-electron chi connectivity index (χ2n) is 2.85. The van der Waals surface area contributed by atoms with Crippen LogP contribution in [-0.2, 0) is 7.05 Å². The quantitative estimate of drug-likeness (QED) is 0.846. The molecule has 1 heterocycles. The Kier molecular flexibility index (Phi) is 2.25. The van der Waals surface area contributed by atoms with Gasteiger partial charge in [0, 0.05) is 7.05 Å². The van der Waals surface area contributed by atoms with Crippen molar-refractivity contribution in [2.45, 2.75) is 0 Å². The predicted octanol–water partition coefficient (Wildman–Crippen LogP) is 1.95. The van der Waals surface area contributed by atoms with Crippen molar-refractivity contribution in [2.75, 3.05) is 0 Å². The summed E-state index contributed by atoms with van der Waals surface area (Å²) in [4.78, 5) is 4.15. The zero-order valence-electron chi connectivity index (χ0n) is 7.48. The van der Waals surface area contributed by atoms with Crippen molar-refractivity contribution in [3.63, 3.8) is 0 Å². The van der Waals surface area contributed by atoms with E-state index in [-0.39, 0.29) is 5.75 Å². The third-order valence-electron chi connectivity index (χ3n) is 1.88. The molecule has 1 aromatic carbocycles. The molecule has 0 aliphatic carbocycles. The van der Waals surface area contributed by atoms with E-state index in [0.29, 0.717) is 16.1 Å².